The van der Waals surface area contributed by atoms with Crippen molar-refractivity contribution in [3.8, 4) is 5.69 Å². The van der Waals surface area contributed by atoms with Crippen molar-refractivity contribution in [2.75, 3.05) is 0 Å². The Morgan fingerprint density at radius 1 is 1.17 bits per heavy atom. The van der Waals surface area contributed by atoms with Crippen molar-refractivity contribution in [1.29, 1.82) is 0 Å². The highest BCUT2D eigenvalue weighted by molar-refractivity contribution is 6.30. The minimum absolute atomic E-state index is 0.0370. The van der Waals surface area contributed by atoms with E-state index in [0.717, 1.165) is 16.8 Å². The highest BCUT2D eigenvalue weighted by atomic mass is 35.5. The summed E-state index contributed by atoms with van der Waals surface area (Å²) in [4.78, 5) is 12.2. The summed E-state index contributed by atoms with van der Waals surface area (Å²) in [7, 11) is 0. The number of rotatable bonds is 5. The fourth-order valence-corrected chi connectivity index (χ4v) is 2.61. The van der Waals surface area contributed by atoms with Gasteiger partial charge < -0.3 is 5.32 Å². The van der Waals surface area contributed by atoms with Crippen LogP contribution in [0.3, 0.4) is 0 Å². The third-order valence-electron chi connectivity index (χ3n) is 3.77. The summed E-state index contributed by atoms with van der Waals surface area (Å²) >= 11 is 5.89. The van der Waals surface area contributed by atoms with Gasteiger partial charge >= 0.3 is 0 Å². The van der Waals surface area contributed by atoms with E-state index in [1.807, 2.05) is 67.7 Å². The van der Waals surface area contributed by atoms with Gasteiger partial charge in [-0.2, -0.15) is 5.10 Å². The van der Waals surface area contributed by atoms with Crippen LogP contribution in [0.15, 0.2) is 67.0 Å². The van der Waals surface area contributed by atoms with Crippen LogP contribution < -0.4 is 5.32 Å². The lowest BCUT2D eigenvalue weighted by Crippen LogP contribution is -2.27. The number of nitrogens with zero attached hydrogens (tertiary/aromatic N) is 2. The normalized spacial score (nSPS) is 11.9. The van der Waals surface area contributed by atoms with Crippen molar-refractivity contribution in [2.24, 2.45) is 0 Å². The first-order chi connectivity index (χ1) is 11.6. The van der Waals surface area contributed by atoms with E-state index < -0.39 is 0 Å². The van der Waals surface area contributed by atoms with Gasteiger partial charge in [-0.1, -0.05) is 41.9 Å². The standard InChI is InChI=1S/C19H18ClN3O/c1-14(16-7-9-17(20)10-8-16)22-19(24)11-15-12-21-23(13-15)18-5-3-2-4-6-18/h2-10,12-14H,11H2,1H3,(H,22,24)/t14-/m1/s1. The summed E-state index contributed by atoms with van der Waals surface area (Å²) in [5.41, 5.74) is 2.87. The fourth-order valence-electron chi connectivity index (χ4n) is 2.49. The first-order valence-electron chi connectivity index (χ1n) is 7.75. The molecule has 24 heavy (non-hydrogen) atoms. The molecule has 2 aromatic carbocycles. The molecule has 0 aliphatic heterocycles. The largest absolute Gasteiger partial charge is 0.349 e. The molecule has 0 saturated carbocycles. The lowest BCUT2D eigenvalue weighted by molar-refractivity contribution is -0.121. The molecule has 0 fully saturated rings. The number of halogens is 1. The highest BCUT2D eigenvalue weighted by Crippen LogP contribution is 2.16. The number of carbonyl (C=O) groups is 1. The molecule has 0 aliphatic carbocycles. The molecule has 0 saturated heterocycles. The average molecular weight is 340 g/mol. The maximum Gasteiger partial charge on any atom is 0.225 e. The van der Waals surface area contributed by atoms with Gasteiger partial charge in [-0.05, 0) is 42.3 Å². The van der Waals surface area contributed by atoms with Crippen LogP contribution in [0, 0.1) is 0 Å². The minimum atomic E-state index is -0.0704. The fraction of sp³-hybridized carbons (Fsp3) is 0.158. The van der Waals surface area contributed by atoms with Crippen LogP contribution in [-0.2, 0) is 11.2 Å². The summed E-state index contributed by atoms with van der Waals surface area (Å²) in [6.45, 7) is 1.95. The maximum absolute atomic E-state index is 12.2. The van der Waals surface area contributed by atoms with Crippen molar-refractivity contribution < 1.29 is 4.79 Å². The number of para-hydroxylation sites is 1. The van der Waals surface area contributed by atoms with Gasteiger partial charge in [-0.3, -0.25) is 4.79 Å². The van der Waals surface area contributed by atoms with Crippen molar-refractivity contribution in [3.63, 3.8) is 0 Å². The van der Waals surface area contributed by atoms with Crippen LogP contribution in [0.2, 0.25) is 5.02 Å². The Hall–Kier alpha value is -2.59. The van der Waals surface area contributed by atoms with Crippen molar-refractivity contribution >= 4 is 17.5 Å². The first-order valence-corrected chi connectivity index (χ1v) is 8.13. The Balaban J connectivity index is 1.61. The van der Waals surface area contributed by atoms with Gasteiger partial charge in [0.2, 0.25) is 5.91 Å². The van der Waals surface area contributed by atoms with Gasteiger partial charge in [0, 0.05) is 11.2 Å². The maximum atomic E-state index is 12.2. The molecule has 0 aliphatic rings. The third-order valence-corrected chi connectivity index (χ3v) is 4.02. The molecule has 5 heteroatoms. The van der Waals surface area contributed by atoms with Crippen LogP contribution in [0.25, 0.3) is 5.69 Å². The van der Waals surface area contributed by atoms with E-state index in [9.17, 15) is 4.79 Å². The zero-order chi connectivity index (χ0) is 16.9. The van der Waals surface area contributed by atoms with Crippen molar-refractivity contribution in [3.05, 3.63) is 83.1 Å². The molecule has 122 valence electrons. The van der Waals surface area contributed by atoms with Crippen LogP contribution in [-0.4, -0.2) is 15.7 Å². The van der Waals surface area contributed by atoms with Crippen molar-refractivity contribution in [1.82, 2.24) is 15.1 Å². The second-order valence-corrected chi connectivity index (χ2v) is 6.08. The zero-order valence-electron chi connectivity index (χ0n) is 13.3. The molecule has 0 spiro atoms. The number of amides is 1. The van der Waals surface area contributed by atoms with Crippen LogP contribution in [0.1, 0.15) is 24.1 Å². The molecule has 0 bridgehead atoms. The van der Waals surface area contributed by atoms with Gasteiger partial charge in [-0.15, -0.1) is 0 Å². The number of benzene rings is 2. The molecule has 1 amide bonds. The molecule has 0 radical (unpaired) electrons. The number of aromatic nitrogens is 2. The van der Waals surface area contributed by atoms with E-state index in [0.29, 0.717) is 11.4 Å². The van der Waals surface area contributed by atoms with Crippen LogP contribution >= 0.6 is 11.6 Å². The predicted molar refractivity (Wildman–Crippen MR) is 95.3 cm³/mol. The van der Waals surface area contributed by atoms with Gasteiger partial charge in [0.1, 0.15) is 0 Å². The minimum Gasteiger partial charge on any atom is -0.349 e. The Kier molecular flexibility index (Phi) is 4.96. The Bertz CT molecular complexity index is 812. The smallest absolute Gasteiger partial charge is 0.225 e. The molecular formula is C19H18ClN3O. The number of hydrogen-bond acceptors (Lipinski definition) is 2. The van der Waals surface area contributed by atoms with Crippen LogP contribution in [0.4, 0.5) is 0 Å². The quantitative estimate of drug-likeness (QED) is 0.765. The van der Waals surface area contributed by atoms with Crippen LogP contribution in [0.5, 0.6) is 0 Å². The Morgan fingerprint density at radius 3 is 2.58 bits per heavy atom. The van der Waals surface area contributed by atoms with E-state index in [1.165, 1.54) is 0 Å². The number of hydrogen-bond donors (Lipinski definition) is 1. The van der Waals surface area contributed by atoms with E-state index in [4.69, 9.17) is 11.6 Å². The Morgan fingerprint density at radius 2 is 1.88 bits per heavy atom. The van der Waals surface area contributed by atoms with Gasteiger partial charge in [0.15, 0.2) is 0 Å². The molecule has 1 atom stereocenters. The van der Waals surface area contributed by atoms with Gasteiger partial charge in [-0.25, -0.2) is 4.68 Å². The first kappa shape index (κ1) is 16.3. The lowest BCUT2D eigenvalue weighted by atomic mass is 10.1. The summed E-state index contributed by atoms with van der Waals surface area (Å²) in [5, 5.41) is 7.99. The molecule has 3 rings (SSSR count). The second-order valence-electron chi connectivity index (χ2n) is 5.65. The average Bonchev–Trinajstić information content (AvgIpc) is 3.04. The summed E-state index contributed by atoms with van der Waals surface area (Å²) < 4.78 is 1.77. The summed E-state index contributed by atoms with van der Waals surface area (Å²) in [6, 6.07) is 17.2. The number of carbonyl (C=O) groups excluding carboxylic acids is 1. The molecule has 4 nitrogen and oxygen atoms in total. The molecule has 1 heterocycles. The van der Waals surface area contributed by atoms with Gasteiger partial charge in [0.25, 0.3) is 0 Å². The highest BCUT2D eigenvalue weighted by Gasteiger charge is 2.11. The summed E-state index contributed by atoms with van der Waals surface area (Å²) in [5.74, 6) is -0.0370. The van der Waals surface area contributed by atoms with Crippen molar-refractivity contribution in [2.45, 2.75) is 19.4 Å². The van der Waals surface area contributed by atoms with E-state index in [1.54, 1.807) is 10.9 Å². The lowest BCUT2D eigenvalue weighted by Gasteiger charge is -2.14. The topological polar surface area (TPSA) is 46.9 Å². The number of nitrogens with one attached hydrogen (secondary N) is 1. The molecular weight excluding hydrogens is 322 g/mol. The summed E-state index contributed by atoms with van der Waals surface area (Å²) in [6.07, 6.45) is 3.90. The zero-order valence-corrected chi connectivity index (χ0v) is 14.1. The molecule has 3 aromatic rings. The van der Waals surface area contributed by atoms with Gasteiger partial charge in [0.05, 0.1) is 24.3 Å². The third kappa shape index (κ3) is 4.03. The second kappa shape index (κ2) is 7.32. The monoisotopic (exact) mass is 339 g/mol. The molecule has 1 N–H and O–H groups in total. The van der Waals surface area contributed by atoms with E-state index in [-0.39, 0.29) is 11.9 Å². The molecule has 0 unspecified atom stereocenters. The SMILES string of the molecule is C[C@@H](NC(=O)Cc1cnn(-c2ccccc2)c1)c1ccc(Cl)cc1. The molecule has 1 aromatic heterocycles. The van der Waals surface area contributed by atoms with E-state index in [2.05, 4.69) is 10.4 Å². The Labute approximate surface area is 146 Å². The predicted octanol–water partition coefficient (Wildman–Crippen LogP) is 3.95. The van der Waals surface area contributed by atoms with E-state index >= 15 is 0 Å².